The zero-order valence-corrected chi connectivity index (χ0v) is 21.1. The zero-order valence-electron chi connectivity index (χ0n) is 20.3. The van der Waals surface area contributed by atoms with E-state index in [4.69, 9.17) is 9.47 Å². The van der Waals surface area contributed by atoms with E-state index >= 15 is 0 Å². The Morgan fingerprint density at radius 3 is 2.43 bits per heavy atom. The second-order valence-corrected chi connectivity index (χ2v) is 8.98. The summed E-state index contributed by atoms with van der Waals surface area (Å²) >= 11 is 1.17. The lowest BCUT2D eigenvalue weighted by molar-refractivity contribution is -0.122. The molecule has 0 aliphatic carbocycles. The van der Waals surface area contributed by atoms with E-state index in [1.54, 1.807) is 31.7 Å². The van der Waals surface area contributed by atoms with Crippen molar-refractivity contribution < 1.29 is 19.1 Å². The standard InChI is InChI=1S/C24H30N4O6S/c1-5-15(2)26-21(30)14-27-17-9-11-35-22(17)23(31)28(24(27)32)13-20(29)25-10-8-16-6-7-18(33-3)19(12-16)34-4/h6-7,9,11-12,15H,5,8,10,13-14H2,1-4H3,(H,25,29)(H,26,30)/t15-/m1/s1. The van der Waals surface area contributed by atoms with E-state index in [1.165, 1.54) is 15.9 Å². The summed E-state index contributed by atoms with van der Waals surface area (Å²) < 4.78 is 12.9. The van der Waals surface area contributed by atoms with Gasteiger partial charge in [-0.15, -0.1) is 11.3 Å². The number of methoxy groups -OCH3 is 2. The number of nitrogens with zero attached hydrogens (tertiary/aromatic N) is 2. The molecule has 0 unspecified atom stereocenters. The molecule has 188 valence electrons. The molecule has 11 heteroatoms. The van der Waals surface area contributed by atoms with Crippen molar-refractivity contribution in [2.45, 2.75) is 45.8 Å². The van der Waals surface area contributed by atoms with Gasteiger partial charge in [-0.2, -0.15) is 0 Å². The summed E-state index contributed by atoms with van der Waals surface area (Å²) in [5.41, 5.74) is 0.0630. The largest absolute Gasteiger partial charge is 0.493 e. The van der Waals surface area contributed by atoms with Crippen LogP contribution in [0.25, 0.3) is 10.2 Å². The fraction of sp³-hybridized carbons (Fsp3) is 0.417. The van der Waals surface area contributed by atoms with E-state index in [-0.39, 0.29) is 18.5 Å². The van der Waals surface area contributed by atoms with E-state index in [0.29, 0.717) is 34.7 Å². The molecule has 0 bridgehead atoms. The molecular weight excluding hydrogens is 472 g/mol. The number of fused-ring (bicyclic) bond motifs is 1. The number of carbonyl (C=O) groups excluding carboxylic acids is 2. The fourth-order valence-electron chi connectivity index (χ4n) is 3.57. The summed E-state index contributed by atoms with van der Waals surface area (Å²) in [7, 11) is 3.10. The van der Waals surface area contributed by atoms with Crippen LogP contribution < -0.4 is 31.4 Å². The van der Waals surface area contributed by atoms with Gasteiger partial charge in [0.1, 0.15) is 17.8 Å². The fourth-order valence-corrected chi connectivity index (χ4v) is 4.42. The van der Waals surface area contributed by atoms with E-state index in [9.17, 15) is 19.2 Å². The molecule has 0 saturated heterocycles. The molecule has 0 fully saturated rings. The molecule has 3 rings (SSSR count). The number of carbonyl (C=O) groups is 2. The zero-order chi connectivity index (χ0) is 25.5. The number of hydrogen-bond acceptors (Lipinski definition) is 7. The quantitative estimate of drug-likeness (QED) is 0.410. The summed E-state index contributed by atoms with van der Waals surface area (Å²) in [6.45, 7) is 3.43. The molecule has 10 nitrogen and oxygen atoms in total. The molecule has 1 atom stereocenters. The summed E-state index contributed by atoms with van der Waals surface area (Å²) in [6, 6.07) is 7.06. The molecule has 0 aliphatic rings. The number of ether oxygens (including phenoxy) is 2. The number of nitrogens with one attached hydrogen (secondary N) is 2. The number of thiophene rings is 1. The average Bonchev–Trinajstić information content (AvgIpc) is 3.34. The highest BCUT2D eigenvalue weighted by molar-refractivity contribution is 7.17. The third kappa shape index (κ3) is 6.10. The first-order valence-corrected chi connectivity index (χ1v) is 12.1. The smallest absolute Gasteiger partial charge is 0.332 e. The summed E-state index contributed by atoms with van der Waals surface area (Å²) in [5.74, 6) is 0.387. The first kappa shape index (κ1) is 26.0. The Balaban J connectivity index is 1.73. The van der Waals surface area contributed by atoms with Crippen molar-refractivity contribution in [3.05, 3.63) is 56.0 Å². The maximum atomic E-state index is 13.1. The topological polar surface area (TPSA) is 121 Å². The molecule has 2 amide bonds. The number of rotatable bonds is 11. The van der Waals surface area contributed by atoms with Crippen LogP contribution in [0.1, 0.15) is 25.8 Å². The molecule has 2 heterocycles. The lowest BCUT2D eigenvalue weighted by Gasteiger charge is -2.15. The molecule has 0 saturated carbocycles. The Morgan fingerprint density at radius 1 is 1.03 bits per heavy atom. The molecule has 0 aliphatic heterocycles. The van der Waals surface area contributed by atoms with Crippen LogP contribution in [-0.2, 0) is 29.1 Å². The second-order valence-electron chi connectivity index (χ2n) is 8.06. The van der Waals surface area contributed by atoms with E-state index in [2.05, 4.69) is 10.6 Å². The first-order valence-electron chi connectivity index (χ1n) is 11.3. The van der Waals surface area contributed by atoms with Gasteiger partial charge in [0.25, 0.3) is 5.56 Å². The van der Waals surface area contributed by atoms with Gasteiger partial charge in [-0.3, -0.25) is 19.0 Å². The van der Waals surface area contributed by atoms with Crippen molar-refractivity contribution in [2.75, 3.05) is 20.8 Å². The lowest BCUT2D eigenvalue weighted by atomic mass is 10.1. The van der Waals surface area contributed by atoms with Crippen LogP contribution >= 0.6 is 11.3 Å². The Labute approximate surface area is 206 Å². The minimum atomic E-state index is -0.699. The molecule has 2 aromatic heterocycles. The van der Waals surface area contributed by atoms with Crippen molar-refractivity contribution in [3.8, 4) is 11.5 Å². The van der Waals surface area contributed by atoms with Crippen LogP contribution in [0.2, 0.25) is 0 Å². The van der Waals surface area contributed by atoms with Gasteiger partial charge in [-0.25, -0.2) is 9.36 Å². The van der Waals surface area contributed by atoms with Gasteiger partial charge in [0, 0.05) is 12.6 Å². The maximum absolute atomic E-state index is 13.1. The normalized spacial score (nSPS) is 11.8. The van der Waals surface area contributed by atoms with Crippen LogP contribution in [0.3, 0.4) is 0 Å². The average molecular weight is 503 g/mol. The number of amides is 2. The third-order valence-electron chi connectivity index (χ3n) is 5.64. The van der Waals surface area contributed by atoms with Crippen molar-refractivity contribution >= 4 is 33.4 Å². The second kappa shape index (κ2) is 11.7. The minimum absolute atomic E-state index is 0.0430. The number of hydrogen-bond donors (Lipinski definition) is 2. The van der Waals surface area contributed by atoms with Crippen LogP contribution in [0.5, 0.6) is 11.5 Å². The van der Waals surface area contributed by atoms with Crippen LogP contribution in [0.4, 0.5) is 0 Å². The maximum Gasteiger partial charge on any atom is 0.332 e. The van der Waals surface area contributed by atoms with Gasteiger partial charge < -0.3 is 20.1 Å². The van der Waals surface area contributed by atoms with Gasteiger partial charge in [0.2, 0.25) is 11.8 Å². The molecule has 1 aromatic carbocycles. The molecule has 0 spiro atoms. The van der Waals surface area contributed by atoms with Crippen LogP contribution in [0.15, 0.2) is 39.2 Å². The lowest BCUT2D eigenvalue weighted by Crippen LogP contribution is -2.45. The number of aromatic nitrogens is 2. The Kier molecular flexibility index (Phi) is 8.69. The van der Waals surface area contributed by atoms with Gasteiger partial charge in [0.15, 0.2) is 11.5 Å². The highest BCUT2D eigenvalue weighted by Gasteiger charge is 2.18. The molecule has 0 radical (unpaired) electrons. The minimum Gasteiger partial charge on any atom is -0.493 e. The van der Waals surface area contributed by atoms with Crippen molar-refractivity contribution in [1.29, 1.82) is 0 Å². The van der Waals surface area contributed by atoms with E-state index in [0.717, 1.165) is 16.6 Å². The van der Waals surface area contributed by atoms with Gasteiger partial charge >= 0.3 is 5.69 Å². The summed E-state index contributed by atoms with van der Waals surface area (Å²) in [6.07, 6.45) is 1.27. The predicted octanol–water partition coefficient (Wildman–Crippen LogP) is 1.52. The third-order valence-corrected chi connectivity index (χ3v) is 6.54. The SMILES string of the molecule is CC[C@@H](C)NC(=O)Cn1c(=O)n(CC(=O)NCCc2ccc(OC)c(OC)c2)c(=O)c2sccc21. The molecule has 3 aromatic rings. The van der Waals surface area contributed by atoms with E-state index in [1.807, 2.05) is 26.0 Å². The first-order chi connectivity index (χ1) is 16.8. The summed E-state index contributed by atoms with van der Waals surface area (Å²) in [5, 5.41) is 7.24. The summed E-state index contributed by atoms with van der Waals surface area (Å²) in [4.78, 5) is 51.0. The van der Waals surface area contributed by atoms with Gasteiger partial charge in [0.05, 0.1) is 19.7 Å². The van der Waals surface area contributed by atoms with E-state index < -0.39 is 23.7 Å². The van der Waals surface area contributed by atoms with Crippen LogP contribution in [-0.4, -0.2) is 47.8 Å². The van der Waals surface area contributed by atoms with Gasteiger partial charge in [-0.05, 0) is 48.9 Å². The Morgan fingerprint density at radius 2 is 1.74 bits per heavy atom. The molecular formula is C24H30N4O6S. The molecule has 35 heavy (non-hydrogen) atoms. The highest BCUT2D eigenvalue weighted by atomic mass is 32.1. The Bertz CT molecular complexity index is 1330. The van der Waals surface area contributed by atoms with Crippen LogP contribution in [0, 0.1) is 0 Å². The highest BCUT2D eigenvalue weighted by Crippen LogP contribution is 2.27. The van der Waals surface area contributed by atoms with Crippen molar-refractivity contribution in [1.82, 2.24) is 19.8 Å². The number of benzene rings is 1. The van der Waals surface area contributed by atoms with Crippen molar-refractivity contribution in [2.24, 2.45) is 0 Å². The van der Waals surface area contributed by atoms with Gasteiger partial charge in [-0.1, -0.05) is 13.0 Å². The molecule has 2 N–H and O–H groups in total. The predicted molar refractivity (Wildman–Crippen MR) is 135 cm³/mol. The monoisotopic (exact) mass is 502 g/mol. The Hall–Kier alpha value is -3.60. The van der Waals surface area contributed by atoms with Crippen molar-refractivity contribution in [3.63, 3.8) is 0 Å².